The molecule has 29 heavy (non-hydrogen) atoms. The van der Waals surface area contributed by atoms with Crippen molar-refractivity contribution >= 4 is 23.0 Å². The fourth-order valence-electron chi connectivity index (χ4n) is 2.81. The zero-order valence-corrected chi connectivity index (χ0v) is 16.4. The van der Waals surface area contributed by atoms with E-state index in [0.717, 1.165) is 5.56 Å². The number of hydrogen-bond acceptors (Lipinski definition) is 4. The third-order valence-corrected chi connectivity index (χ3v) is 4.51. The van der Waals surface area contributed by atoms with Gasteiger partial charge in [0.2, 0.25) is 5.78 Å². The molecule has 0 spiro atoms. The molecule has 0 bridgehead atoms. The molecule has 1 aromatic carbocycles. The second kappa shape index (κ2) is 9.38. The molecule has 1 atom stereocenters. The Morgan fingerprint density at radius 3 is 2.59 bits per heavy atom. The van der Waals surface area contributed by atoms with Crippen LogP contribution < -0.4 is 14.6 Å². The third-order valence-electron chi connectivity index (χ3n) is 4.15. The van der Waals surface area contributed by atoms with Gasteiger partial charge in [-0.05, 0) is 49.4 Å². The molecule has 0 aliphatic heterocycles. The van der Waals surface area contributed by atoms with E-state index in [1.807, 2.05) is 25.3 Å². The number of Topliss-reactive ketones (excluding diaryl/α,β-unsaturated/α-hetero) is 1. The summed E-state index contributed by atoms with van der Waals surface area (Å²) in [6, 6.07) is 12.0. The highest BCUT2D eigenvalue weighted by atomic mass is 32.1. The topological polar surface area (TPSA) is 55.4 Å². The number of ether oxygens (including phenoxy) is 1. The van der Waals surface area contributed by atoms with Gasteiger partial charge >= 0.3 is 6.61 Å². The van der Waals surface area contributed by atoms with Crippen molar-refractivity contribution in [1.29, 1.82) is 0 Å². The van der Waals surface area contributed by atoms with Gasteiger partial charge in [0.15, 0.2) is 17.4 Å². The van der Waals surface area contributed by atoms with Crippen molar-refractivity contribution in [3.63, 3.8) is 0 Å². The molecule has 2 heterocycles. The van der Waals surface area contributed by atoms with Crippen LogP contribution in [0.15, 0.2) is 71.6 Å². The number of ketones is 1. The largest absolute Gasteiger partial charge is 0.467 e. The first kappa shape index (κ1) is 20.6. The fraction of sp³-hybridized carbons (Fsp3) is 0.190. The van der Waals surface area contributed by atoms with Crippen LogP contribution in [-0.4, -0.2) is 17.4 Å². The summed E-state index contributed by atoms with van der Waals surface area (Å²) < 4.78 is 36.0. The Balaban J connectivity index is 1.85. The highest BCUT2D eigenvalue weighted by Crippen LogP contribution is 2.18. The van der Waals surface area contributed by atoms with E-state index < -0.39 is 12.7 Å². The summed E-state index contributed by atoms with van der Waals surface area (Å²) in [7, 11) is 0. The summed E-state index contributed by atoms with van der Waals surface area (Å²) in [5.74, 6) is 0.386. The molecule has 0 aliphatic carbocycles. The second-order valence-electron chi connectivity index (χ2n) is 6.30. The maximum atomic E-state index is 13.2. The van der Waals surface area contributed by atoms with Crippen molar-refractivity contribution < 1.29 is 27.3 Å². The number of carbonyl (C=O) groups excluding carboxylic acids is 1. The van der Waals surface area contributed by atoms with Gasteiger partial charge in [-0.25, -0.2) is 0 Å². The Bertz CT molecular complexity index is 976. The van der Waals surface area contributed by atoms with Crippen LogP contribution >= 0.6 is 12.2 Å². The molecule has 150 valence electrons. The molecular weight excluding hydrogens is 398 g/mol. The SMILES string of the molecule is Cc1ccc[n+]([C@H](C(=O)c2ccc(OC(F)F)cc2)C(=S)NCc2ccco2)c1. The summed E-state index contributed by atoms with van der Waals surface area (Å²) >= 11 is 5.51. The van der Waals surface area contributed by atoms with Crippen LogP contribution in [0.25, 0.3) is 0 Å². The van der Waals surface area contributed by atoms with Crippen molar-refractivity contribution in [3.05, 3.63) is 84.1 Å². The first-order valence-electron chi connectivity index (χ1n) is 8.80. The number of benzene rings is 1. The maximum absolute atomic E-state index is 13.2. The molecule has 8 heteroatoms. The lowest BCUT2D eigenvalue weighted by Gasteiger charge is -2.15. The van der Waals surface area contributed by atoms with Crippen LogP contribution in [0, 0.1) is 6.92 Å². The average Bonchev–Trinajstić information content (AvgIpc) is 3.20. The van der Waals surface area contributed by atoms with Gasteiger partial charge < -0.3 is 14.5 Å². The van der Waals surface area contributed by atoms with Crippen molar-refractivity contribution in [2.75, 3.05) is 0 Å². The predicted molar refractivity (Wildman–Crippen MR) is 106 cm³/mol. The molecule has 0 amide bonds. The van der Waals surface area contributed by atoms with E-state index in [1.54, 1.807) is 29.2 Å². The first-order valence-corrected chi connectivity index (χ1v) is 9.21. The van der Waals surface area contributed by atoms with Crippen molar-refractivity contribution in [2.24, 2.45) is 0 Å². The van der Waals surface area contributed by atoms with E-state index in [4.69, 9.17) is 16.6 Å². The molecular formula is C21H19F2N2O3S+. The molecule has 5 nitrogen and oxygen atoms in total. The first-order chi connectivity index (χ1) is 13.9. The predicted octanol–water partition coefficient (Wildman–Crippen LogP) is 4.02. The van der Waals surface area contributed by atoms with Crippen LogP contribution in [-0.2, 0) is 6.54 Å². The monoisotopic (exact) mass is 417 g/mol. The number of aryl methyl sites for hydroxylation is 1. The minimum Gasteiger partial charge on any atom is -0.467 e. The van der Waals surface area contributed by atoms with Gasteiger partial charge in [0.25, 0.3) is 6.04 Å². The zero-order valence-electron chi connectivity index (χ0n) is 15.5. The number of carbonyl (C=O) groups is 1. The Kier molecular flexibility index (Phi) is 6.66. The second-order valence-corrected chi connectivity index (χ2v) is 6.74. The van der Waals surface area contributed by atoms with E-state index in [1.165, 1.54) is 24.3 Å². The highest BCUT2D eigenvalue weighted by Gasteiger charge is 2.33. The summed E-state index contributed by atoms with van der Waals surface area (Å²) in [6.07, 6.45) is 5.13. The molecule has 0 radical (unpaired) electrons. The Morgan fingerprint density at radius 2 is 1.97 bits per heavy atom. The van der Waals surface area contributed by atoms with E-state index in [0.29, 0.717) is 22.9 Å². The number of thiocarbonyl (C=S) groups is 1. The van der Waals surface area contributed by atoms with Crippen LogP contribution in [0.1, 0.15) is 27.7 Å². The Morgan fingerprint density at radius 1 is 1.21 bits per heavy atom. The van der Waals surface area contributed by atoms with E-state index >= 15 is 0 Å². The number of furan rings is 1. The van der Waals surface area contributed by atoms with Gasteiger partial charge in [-0.3, -0.25) is 4.79 Å². The lowest BCUT2D eigenvalue weighted by molar-refractivity contribution is -0.692. The fourth-order valence-corrected chi connectivity index (χ4v) is 3.11. The molecule has 2 aromatic heterocycles. The lowest BCUT2D eigenvalue weighted by atomic mass is 10.0. The van der Waals surface area contributed by atoms with Gasteiger partial charge in [0.1, 0.15) is 11.5 Å². The van der Waals surface area contributed by atoms with Crippen LogP contribution in [0.2, 0.25) is 0 Å². The minimum atomic E-state index is -2.93. The number of halogens is 2. The average molecular weight is 417 g/mol. The molecule has 0 unspecified atom stereocenters. The number of nitrogens with zero attached hydrogens (tertiary/aromatic N) is 1. The highest BCUT2D eigenvalue weighted by molar-refractivity contribution is 7.80. The summed E-state index contributed by atoms with van der Waals surface area (Å²) in [6.45, 7) is -0.678. The van der Waals surface area contributed by atoms with Crippen LogP contribution in [0.5, 0.6) is 5.75 Å². The summed E-state index contributed by atoms with van der Waals surface area (Å²) in [4.78, 5) is 13.5. The van der Waals surface area contributed by atoms with Crippen molar-refractivity contribution in [2.45, 2.75) is 26.1 Å². The van der Waals surface area contributed by atoms with Gasteiger partial charge in [-0.15, -0.1) is 0 Å². The smallest absolute Gasteiger partial charge is 0.387 e. The lowest BCUT2D eigenvalue weighted by Crippen LogP contribution is -2.51. The zero-order chi connectivity index (χ0) is 20.8. The van der Waals surface area contributed by atoms with Crippen molar-refractivity contribution in [1.82, 2.24) is 5.32 Å². The van der Waals surface area contributed by atoms with E-state index in [-0.39, 0.29) is 11.5 Å². The summed E-state index contributed by atoms with van der Waals surface area (Å²) in [5, 5.41) is 3.06. The molecule has 0 fully saturated rings. The number of alkyl halides is 2. The van der Waals surface area contributed by atoms with Crippen LogP contribution in [0.4, 0.5) is 8.78 Å². The molecule has 3 aromatic rings. The van der Waals surface area contributed by atoms with Gasteiger partial charge in [-0.2, -0.15) is 13.3 Å². The maximum Gasteiger partial charge on any atom is 0.387 e. The Labute approximate surface area is 171 Å². The third kappa shape index (κ3) is 5.45. The summed E-state index contributed by atoms with van der Waals surface area (Å²) in [5.41, 5.74) is 1.28. The molecule has 1 N–H and O–H groups in total. The number of hydrogen-bond donors (Lipinski definition) is 1. The van der Waals surface area contributed by atoms with Gasteiger partial charge in [0.05, 0.1) is 12.8 Å². The number of aromatic nitrogens is 1. The van der Waals surface area contributed by atoms with Crippen molar-refractivity contribution in [3.8, 4) is 5.75 Å². The molecule has 3 rings (SSSR count). The molecule has 0 saturated heterocycles. The van der Waals surface area contributed by atoms with E-state index in [9.17, 15) is 13.6 Å². The molecule has 0 aliphatic rings. The van der Waals surface area contributed by atoms with Crippen LogP contribution in [0.3, 0.4) is 0 Å². The standard InChI is InChI=1S/C21H18F2N2O3S/c1-14-4-2-10-25(13-14)18(20(29)24-12-17-5-3-11-27-17)19(26)15-6-8-16(9-7-15)28-21(22)23/h2-11,13,18,21H,12H2,1H3/p+1/t18-/m1/s1. The normalized spacial score (nSPS) is 11.9. The minimum absolute atomic E-state index is 0.0187. The number of rotatable bonds is 8. The van der Waals surface area contributed by atoms with Gasteiger partial charge in [0, 0.05) is 17.2 Å². The number of pyridine rings is 1. The Hall–Kier alpha value is -3.13. The van der Waals surface area contributed by atoms with E-state index in [2.05, 4.69) is 10.1 Å². The number of nitrogens with one attached hydrogen (secondary N) is 1. The molecule has 0 saturated carbocycles. The quantitative estimate of drug-likeness (QED) is 0.341. The van der Waals surface area contributed by atoms with Gasteiger partial charge in [-0.1, -0.05) is 12.2 Å².